The van der Waals surface area contributed by atoms with Crippen LogP contribution in [0.3, 0.4) is 0 Å². The molecule has 4 aliphatic carbocycles. The second kappa shape index (κ2) is 8.38. The highest BCUT2D eigenvalue weighted by Crippen LogP contribution is 2.75. The van der Waals surface area contributed by atoms with E-state index < -0.39 is 65.2 Å². The van der Waals surface area contributed by atoms with Crippen molar-refractivity contribution in [3.63, 3.8) is 0 Å². The number of fused-ring (bicyclic) bond motifs is 1. The fraction of sp³-hybridized carbons (Fsp3) is 0.778. The summed E-state index contributed by atoms with van der Waals surface area (Å²) in [6.07, 6.45) is 0.0363. The summed E-state index contributed by atoms with van der Waals surface area (Å²) >= 11 is 0. The fourth-order valence-electron chi connectivity index (χ4n) is 9.11. The van der Waals surface area contributed by atoms with Gasteiger partial charge < -0.3 is 23.7 Å². The third kappa shape index (κ3) is 3.14. The van der Waals surface area contributed by atoms with E-state index in [0.717, 1.165) is 12.8 Å². The minimum Gasteiger partial charge on any atom is -0.462 e. The molecule has 5 fully saturated rings. The predicted octanol–water partition coefficient (Wildman–Crippen LogP) is 2.74. The Labute approximate surface area is 211 Å². The summed E-state index contributed by atoms with van der Waals surface area (Å²) < 4.78 is 30.2. The first-order chi connectivity index (χ1) is 16.9. The number of hydrogen-bond donors (Lipinski definition) is 0. The number of carbonyl (C=O) groups excluding carboxylic acids is 4. The Morgan fingerprint density at radius 1 is 1.00 bits per heavy atom. The van der Waals surface area contributed by atoms with Crippen LogP contribution >= 0.6 is 0 Å². The number of ether oxygens (including phenoxy) is 5. The van der Waals surface area contributed by atoms with Crippen molar-refractivity contribution in [1.29, 1.82) is 0 Å². The topological polar surface area (TPSA) is 114 Å². The van der Waals surface area contributed by atoms with Crippen molar-refractivity contribution in [2.24, 2.45) is 34.0 Å². The van der Waals surface area contributed by atoms with Gasteiger partial charge in [0.05, 0.1) is 6.61 Å². The van der Waals surface area contributed by atoms with E-state index >= 15 is 0 Å². The molecule has 0 aromatic rings. The van der Waals surface area contributed by atoms with Crippen LogP contribution < -0.4 is 0 Å². The minimum absolute atomic E-state index is 0.0355. The van der Waals surface area contributed by atoms with Crippen LogP contribution in [0.25, 0.3) is 0 Å². The maximum absolute atomic E-state index is 14.4. The predicted molar refractivity (Wildman–Crippen MR) is 124 cm³/mol. The largest absolute Gasteiger partial charge is 0.462 e. The lowest BCUT2D eigenvalue weighted by Crippen LogP contribution is -2.76. The van der Waals surface area contributed by atoms with Gasteiger partial charge in [0, 0.05) is 45.1 Å². The molecule has 10 atom stereocenters. The molecular formula is C27H36O9. The van der Waals surface area contributed by atoms with Crippen LogP contribution in [0, 0.1) is 34.0 Å². The van der Waals surface area contributed by atoms with Crippen LogP contribution in [0.1, 0.15) is 59.8 Å². The van der Waals surface area contributed by atoms with Crippen molar-refractivity contribution >= 4 is 23.7 Å². The molecule has 1 saturated heterocycles. The van der Waals surface area contributed by atoms with Crippen LogP contribution in [0.5, 0.6) is 0 Å². The SMILES string of the molecule is C=C1C(=O)C23C(OC(C)=O)C[C@@H]4[C@@]5(C)CCC[C@@]4(C(OC)OC5)[C@@H]2[C@@H](OC(C)=O)C[C@@H]1[C@H]3OC(C)=O. The number of Topliss-reactive ketones (excluding diaryl/α,β-unsaturated/α-hetero) is 1. The number of hydrogen-bond acceptors (Lipinski definition) is 9. The number of methoxy groups -OCH3 is 1. The first kappa shape index (κ1) is 25.4. The summed E-state index contributed by atoms with van der Waals surface area (Å²) in [5.41, 5.74) is -2.11. The Balaban J connectivity index is 1.82. The third-order valence-corrected chi connectivity index (χ3v) is 9.89. The minimum atomic E-state index is -1.45. The monoisotopic (exact) mass is 504 g/mol. The Bertz CT molecular complexity index is 1020. The molecule has 5 aliphatic rings. The molecule has 9 heteroatoms. The van der Waals surface area contributed by atoms with Gasteiger partial charge in [-0.1, -0.05) is 19.9 Å². The lowest BCUT2D eigenvalue weighted by Gasteiger charge is -2.70. The Morgan fingerprint density at radius 3 is 2.28 bits per heavy atom. The second-order valence-electron chi connectivity index (χ2n) is 11.7. The average Bonchev–Trinajstić information content (AvgIpc) is 2.90. The van der Waals surface area contributed by atoms with E-state index in [9.17, 15) is 19.2 Å². The van der Waals surface area contributed by atoms with Crippen molar-refractivity contribution in [3.8, 4) is 0 Å². The van der Waals surface area contributed by atoms with Gasteiger partial charge in [-0.25, -0.2) is 0 Å². The summed E-state index contributed by atoms with van der Waals surface area (Å²) in [6, 6.07) is 0. The number of esters is 3. The lowest BCUT2D eigenvalue weighted by molar-refractivity contribution is -0.362. The number of carbonyl (C=O) groups is 4. The van der Waals surface area contributed by atoms with Gasteiger partial charge in [0.1, 0.15) is 23.7 Å². The fourth-order valence-corrected chi connectivity index (χ4v) is 9.11. The van der Waals surface area contributed by atoms with E-state index in [-0.39, 0.29) is 23.5 Å². The zero-order valence-electron chi connectivity index (χ0n) is 21.7. The molecule has 4 bridgehead atoms. The average molecular weight is 505 g/mol. The van der Waals surface area contributed by atoms with Gasteiger partial charge in [-0.3, -0.25) is 19.2 Å². The molecule has 36 heavy (non-hydrogen) atoms. The van der Waals surface area contributed by atoms with Gasteiger partial charge >= 0.3 is 17.9 Å². The molecule has 3 unspecified atom stereocenters. The molecule has 198 valence electrons. The van der Waals surface area contributed by atoms with Gasteiger partial charge in [0.15, 0.2) is 12.1 Å². The van der Waals surface area contributed by atoms with E-state index in [1.54, 1.807) is 7.11 Å². The van der Waals surface area contributed by atoms with Crippen molar-refractivity contribution in [3.05, 3.63) is 12.2 Å². The van der Waals surface area contributed by atoms with E-state index in [4.69, 9.17) is 23.7 Å². The molecule has 9 nitrogen and oxygen atoms in total. The Hall–Kier alpha value is -2.26. The Kier molecular flexibility index (Phi) is 5.91. The molecule has 5 rings (SSSR count). The molecule has 1 spiro atoms. The van der Waals surface area contributed by atoms with E-state index in [1.165, 1.54) is 20.8 Å². The summed E-state index contributed by atoms with van der Waals surface area (Å²) in [6.45, 7) is 10.7. The zero-order valence-corrected chi connectivity index (χ0v) is 21.7. The van der Waals surface area contributed by atoms with Gasteiger partial charge in [-0.15, -0.1) is 0 Å². The Morgan fingerprint density at radius 2 is 1.67 bits per heavy atom. The van der Waals surface area contributed by atoms with Crippen LogP contribution in [-0.4, -0.2) is 62.0 Å². The quantitative estimate of drug-likeness (QED) is 0.324. The molecular weight excluding hydrogens is 468 g/mol. The molecule has 0 radical (unpaired) electrons. The van der Waals surface area contributed by atoms with Crippen molar-refractivity contribution in [2.75, 3.05) is 13.7 Å². The van der Waals surface area contributed by atoms with Gasteiger partial charge in [-0.2, -0.15) is 0 Å². The smallest absolute Gasteiger partial charge is 0.302 e. The van der Waals surface area contributed by atoms with E-state index in [1.807, 2.05) is 0 Å². The highest BCUT2D eigenvalue weighted by atomic mass is 16.7. The van der Waals surface area contributed by atoms with Crippen LogP contribution in [0.4, 0.5) is 0 Å². The van der Waals surface area contributed by atoms with Crippen molar-refractivity contribution in [2.45, 2.75) is 84.4 Å². The molecule has 1 heterocycles. The highest BCUT2D eigenvalue weighted by Gasteiger charge is 2.82. The highest BCUT2D eigenvalue weighted by molar-refractivity contribution is 6.05. The first-order valence-corrected chi connectivity index (χ1v) is 12.8. The summed E-state index contributed by atoms with van der Waals surface area (Å²) in [4.78, 5) is 51.5. The van der Waals surface area contributed by atoms with Crippen molar-refractivity contribution < 1.29 is 42.9 Å². The van der Waals surface area contributed by atoms with Gasteiger partial charge in [0.2, 0.25) is 0 Å². The van der Waals surface area contributed by atoms with Crippen LogP contribution in [-0.2, 0) is 42.9 Å². The van der Waals surface area contributed by atoms with Crippen LogP contribution in [0.15, 0.2) is 12.2 Å². The van der Waals surface area contributed by atoms with E-state index in [0.29, 0.717) is 25.0 Å². The van der Waals surface area contributed by atoms with Crippen LogP contribution in [0.2, 0.25) is 0 Å². The summed E-state index contributed by atoms with van der Waals surface area (Å²) in [5, 5.41) is 0. The zero-order chi connectivity index (χ0) is 26.2. The second-order valence-corrected chi connectivity index (χ2v) is 11.7. The third-order valence-electron chi connectivity index (χ3n) is 9.89. The number of rotatable bonds is 4. The molecule has 0 aromatic carbocycles. The summed E-state index contributed by atoms with van der Waals surface area (Å²) in [5.74, 6) is -3.05. The van der Waals surface area contributed by atoms with Crippen molar-refractivity contribution in [1.82, 2.24) is 0 Å². The first-order valence-electron chi connectivity index (χ1n) is 12.8. The maximum Gasteiger partial charge on any atom is 0.302 e. The van der Waals surface area contributed by atoms with Gasteiger partial charge in [0.25, 0.3) is 0 Å². The van der Waals surface area contributed by atoms with E-state index in [2.05, 4.69) is 13.5 Å². The normalized spacial score (nSPS) is 46.9. The summed E-state index contributed by atoms with van der Waals surface area (Å²) in [7, 11) is 1.59. The molecule has 0 aromatic heterocycles. The standard InChI is InChI=1S/C27H36O9/c1-13-17-10-18(34-14(2)28)21-26-9-7-8-25(5,12-33-24(26)32-6)19(26)11-20(35-15(3)29)27(21,22(13)31)23(17)36-16(4)30/h17-21,23-24H,1,7-12H2,2-6H3/t17-,18-,19+,20?,21-,23+,24?,25-,26-,27?/m0/s1. The number of ketones is 1. The molecule has 1 aliphatic heterocycles. The molecule has 0 amide bonds. The van der Waals surface area contributed by atoms with Gasteiger partial charge in [-0.05, 0) is 42.6 Å². The molecule has 4 saturated carbocycles. The lowest BCUT2D eigenvalue weighted by atomic mass is 9.37. The maximum atomic E-state index is 14.4. The molecule has 0 N–H and O–H groups in total.